The van der Waals surface area contributed by atoms with Gasteiger partial charge in [-0.15, -0.1) is 0 Å². The maximum Gasteiger partial charge on any atom is 0.513 e. The third kappa shape index (κ3) is 4.66. The van der Waals surface area contributed by atoms with Crippen LogP contribution in [0.15, 0.2) is 24.3 Å². The van der Waals surface area contributed by atoms with Crippen LogP contribution in [0.2, 0.25) is 0 Å². The predicted octanol–water partition coefficient (Wildman–Crippen LogP) is 3.90. The van der Waals surface area contributed by atoms with Crippen LogP contribution in [0.1, 0.15) is 25.3 Å². The van der Waals surface area contributed by atoms with Crippen LogP contribution in [0, 0.1) is 0 Å². The molecule has 0 unspecified atom stereocenters. The molecule has 0 spiro atoms. The number of hydrogen-bond acceptors (Lipinski definition) is 3. The summed E-state index contributed by atoms with van der Waals surface area (Å²) >= 11 is 3.34. The highest BCUT2D eigenvalue weighted by Gasteiger charge is 2.04. The van der Waals surface area contributed by atoms with E-state index in [4.69, 9.17) is 9.47 Å². The smallest absolute Gasteiger partial charge is 0.434 e. The highest BCUT2D eigenvalue weighted by Crippen LogP contribution is 2.14. The predicted molar refractivity (Wildman–Crippen MR) is 66.0 cm³/mol. The first-order chi connectivity index (χ1) is 7.76. The van der Waals surface area contributed by atoms with Gasteiger partial charge >= 0.3 is 6.16 Å². The maximum absolute atomic E-state index is 11.2. The highest BCUT2D eigenvalue weighted by atomic mass is 79.9. The zero-order valence-corrected chi connectivity index (χ0v) is 10.8. The average molecular weight is 287 g/mol. The summed E-state index contributed by atoms with van der Waals surface area (Å²) in [5, 5.41) is 0.786. The van der Waals surface area contributed by atoms with Crippen LogP contribution < -0.4 is 4.74 Å². The first-order valence-corrected chi connectivity index (χ1v) is 6.38. The second-order valence-corrected chi connectivity index (χ2v) is 3.89. The minimum atomic E-state index is -0.639. The number of hydrogen-bond donors (Lipinski definition) is 0. The fourth-order valence-electron chi connectivity index (χ4n) is 1.07. The van der Waals surface area contributed by atoms with Crippen LogP contribution in [0.3, 0.4) is 0 Å². The Labute approximate surface area is 104 Å². The maximum atomic E-state index is 11.2. The van der Waals surface area contributed by atoms with Crippen molar-refractivity contribution < 1.29 is 14.3 Å². The molecule has 0 aliphatic carbocycles. The van der Waals surface area contributed by atoms with E-state index in [0.29, 0.717) is 12.4 Å². The Bertz CT molecular complexity index is 322. The quantitative estimate of drug-likeness (QED) is 0.356. The van der Waals surface area contributed by atoms with E-state index in [9.17, 15) is 4.79 Å². The summed E-state index contributed by atoms with van der Waals surface area (Å²) in [5.74, 6) is 0.506. The lowest BCUT2D eigenvalue weighted by Crippen LogP contribution is -2.11. The summed E-state index contributed by atoms with van der Waals surface area (Å²) < 4.78 is 9.86. The minimum absolute atomic E-state index is 0.412. The topological polar surface area (TPSA) is 35.5 Å². The third-order valence-corrected chi connectivity index (χ3v) is 2.64. The largest absolute Gasteiger partial charge is 0.513 e. The minimum Gasteiger partial charge on any atom is -0.434 e. The van der Waals surface area contributed by atoms with Gasteiger partial charge in [-0.1, -0.05) is 41.4 Å². The van der Waals surface area contributed by atoms with Crippen molar-refractivity contribution in [3.63, 3.8) is 0 Å². The van der Waals surface area contributed by atoms with E-state index in [0.717, 1.165) is 23.7 Å². The fourth-order valence-corrected chi connectivity index (χ4v) is 1.45. The Balaban J connectivity index is 2.37. The molecule has 0 aromatic heterocycles. The fraction of sp³-hybridized carbons (Fsp3) is 0.417. The molecule has 0 bridgehead atoms. The van der Waals surface area contributed by atoms with Gasteiger partial charge in [0.15, 0.2) is 0 Å². The van der Waals surface area contributed by atoms with Crippen molar-refractivity contribution in [3.05, 3.63) is 29.8 Å². The number of carbonyl (C=O) groups is 1. The summed E-state index contributed by atoms with van der Waals surface area (Å²) in [6.07, 6.45) is 1.21. The second kappa shape index (κ2) is 7.28. The molecule has 16 heavy (non-hydrogen) atoms. The van der Waals surface area contributed by atoms with Gasteiger partial charge in [-0.3, -0.25) is 0 Å². The normalized spacial score (nSPS) is 9.88. The first-order valence-electron chi connectivity index (χ1n) is 5.25. The Morgan fingerprint density at radius 3 is 2.56 bits per heavy atom. The van der Waals surface area contributed by atoms with Crippen LogP contribution in [0.5, 0.6) is 5.75 Å². The zero-order chi connectivity index (χ0) is 11.8. The van der Waals surface area contributed by atoms with Gasteiger partial charge in [-0.2, -0.15) is 0 Å². The average Bonchev–Trinajstić information content (AvgIpc) is 2.30. The van der Waals surface area contributed by atoms with Gasteiger partial charge in [-0.05, 0) is 24.1 Å². The second-order valence-electron chi connectivity index (χ2n) is 3.33. The van der Waals surface area contributed by atoms with E-state index in [1.165, 1.54) is 0 Å². The van der Waals surface area contributed by atoms with E-state index in [2.05, 4.69) is 15.9 Å². The molecule has 1 aromatic carbocycles. The van der Waals surface area contributed by atoms with Gasteiger partial charge in [0.25, 0.3) is 0 Å². The molecular weight excluding hydrogens is 272 g/mol. The lowest BCUT2D eigenvalue weighted by atomic mass is 10.2. The van der Waals surface area contributed by atoms with E-state index in [1.54, 1.807) is 12.1 Å². The summed E-state index contributed by atoms with van der Waals surface area (Å²) in [6, 6.07) is 7.28. The Morgan fingerprint density at radius 2 is 2.00 bits per heavy atom. The third-order valence-electron chi connectivity index (χ3n) is 2.00. The number of benzene rings is 1. The Morgan fingerprint density at radius 1 is 1.31 bits per heavy atom. The van der Waals surface area contributed by atoms with Gasteiger partial charge in [0.1, 0.15) is 5.75 Å². The molecule has 3 nitrogen and oxygen atoms in total. The number of rotatable bonds is 5. The molecule has 0 atom stereocenters. The molecular formula is C12H15BrO3. The summed E-state index contributed by atoms with van der Waals surface area (Å²) in [6.45, 7) is 2.45. The van der Waals surface area contributed by atoms with E-state index in [-0.39, 0.29) is 0 Å². The van der Waals surface area contributed by atoms with Crippen molar-refractivity contribution >= 4 is 22.1 Å². The van der Waals surface area contributed by atoms with Crippen molar-refractivity contribution in [2.75, 3.05) is 6.61 Å². The standard InChI is InChI=1S/C12H15BrO3/c1-2-3-8-15-12(14)16-11-6-4-10(9-13)5-7-11/h4-7H,2-3,8-9H2,1H3. The molecule has 0 aliphatic heterocycles. The van der Waals surface area contributed by atoms with Crippen molar-refractivity contribution in [1.29, 1.82) is 0 Å². The van der Waals surface area contributed by atoms with Gasteiger partial charge in [-0.25, -0.2) is 4.79 Å². The lowest BCUT2D eigenvalue weighted by Gasteiger charge is -2.05. The summed E-state index contributed by atoms with van der Waals surface area (Å²) in [5.41, 5.74) is 1.13. The molecule has 0 aliphatic rings. The summed E-state index contributed by atoms with van der Waals surface area (Å²) in [4.78, 5) is 11.2. The van der Waals surface area contributed by atoms with Crippen LogP contribution in [-0.2, 0) is 10.1 Å². The van der Waals surface area contributed by atoms with Gasteiger partial charge in [0.05, 0.1) is 6.61 Å². The van der Waals surface area contributed by atoms with Crippen molar-refractivity contribution in [1.82, 2.24) is 0 Å². The van der Waals surface area contributed by atoms with E-state index < -0.39 is 6.16 Å². The van der Waals surface area contributed by atoms with Crippen molar-refractivity contribution in [2.45, 2.75) is 25.1 Å². The number of halogens is 1. The van der Waals surface area contributed by atoms with Gasteiger partial charge < -0.3 is 9.47 Å². The van der Waals surface area contributed by atoms with Crippen LogP contribution in [-0.4, -0.2) is 12.8 Å². The van der Waals surface area contributed by atoms with Crippen LogP contribution in [0.25, 0.3) is 0 Å². The molecule has 0 heterocycles. The van der Waals surface area contributed by atoms with Crippen LogP contribution in [0.4, 0.5) is 4.79 Å². The summed E-state index contributed by atoms with van der Waals surface area (Å²) in [7, 11) is 0. The SMILES string of the molecule is CCCCOC(=O)Oc1ccc(CBr)cc1. The van der Waals surface area contributed by atoms with Crippen LogP contribution >= 0.6 is 15.9 Å². The van der Waals surface area contributed by atoms with Crippen molar-refractivity contribution in [3.8, 4) is 5.75 Å². The number of carbonyl (C=O) groups excluding carboxylic acids is 1. The van der Waals surface area contributed by atoms with Crippen molar-refractivity contribution in [2.24, 2.45) is 0 Å². The monoisotopic (exact) mass is 286 g/mol. The molecule has 0 amide bonds. The van der Waals surface area contributed by atoms with Gasteiger partial charge in [0.2, 0.25) is 0 Å². The molecule has 0 saturated carbocycles. The van der Waals surface area contributed by atoms with E-state index in [1.807, 2.05) is 19.1 Å². The molecule has 1 aromatic rings. The molecule has 1 rings (SSSR count). The molecule has 88 valence electrons. The van der Waals surface area contributed by atoms with Gasteiger partial charge in [0, 0.05) is 5.33 Å². The molecule has 0 N–H and O–H groups in total. The Hall–Kier alpha value is -1.03. The molecule has 4 heteroatoms. The number of alkyl halides is 1. The first kappa shape index (κ1) is 13.0. The number of unbranched alkanes of at least 4 members (excludes halogenated alkanes) is 1. The molecule has 0 fully saturated rings. The molecule has 0 saturated heterocycles. The molecule has 0 radical (unpaired) electrons. The Kier molecular flexibility index (Phi) is 5.93. The lowest BCUT2D eigenvalue weighted by molar-refractivity contribution is 0.0978. The highest BCUT2D eigenvalue weighted by molar-refractivity contribution is 9.08. The zero-order valence-electron chi connectivity index (χ0n) is 9.24. The number of ether oxygens (including phenoxy) is 2. The van der Waals surface area contributed by atoms with E-state index >= 15 is 0 Å².